The van der Waals surface area contributed by atoms with Crippen molar-refractivity contribution in [1.82, 2.24) is 0 Å². The van der Waals surface area contributed by atoms with Gasteiger partial charge in [-0.05, 0) is 83.5 Å². The topological polar surface area (TPSA) is 78.9 Å². The van der Waals surface area contributed by atoms with Gasteiger partial charge in [0.25, 0.3) is 0 Å². The summed E-state index contributed by atoms with van der Waals surface area (Å²) in [7, 11) is 0. The van der Waals surface area contributed by atoms with Crippen molar-refractivity contribution >= 4 is 17.9 Å². The van der Waals surface area contributed by atoms with Gasteiger partial charge in [0.05, 0.1) is 0 Å². The summed E-state index contributed by atoms with van der Waals surface area (Å²) in [5, 5.41) is 0. The molecular weight excluding hydrogens is 973 g/mol. The predicted octanol–water partition coefficient (Wildman–Crippen LogP) is 23.2. The number of carbonyl (C=O) groups excluding carboxylic acids is 3. The molecule has 0 aliphatic carbocycles. The van der Waals surface area contributed by atoms with Crippen LogP contribution < -0.4 is 0 Å². The highest BCUT2D eigenvalue weighted by atomic mass is 16.6. The number of esters is 3. The molecule has 1 atom stereocenters. The fourth-order valence-corrected chi connectivity index (χ4v) is 9.58. The molecule has 0 aromatic heterocycles. The molecule has 0 amide bonds. The van der Waals surface area contributed by atoms with Crippen molar-refractivity contribution in [3.8, 4) is 0 Å². The minimum Gasteiger partial charge on any atom is -0.462 e. The first kappa shape index (κ1) is 75.3. The summed E-state index contributed by atoms with van der Waals surface area (Å²) >= 11 is 0. The highest BCUT2D eigenvalue weighted by Gasteiger charge is 2.19. The number of unbranched alkanes of at least 4 members (excludes halogenated alkanes) is 34. The Bertz CT molecular complexity index is 1540. The van der Waals surface area contributed by atoms with Crippen molar-refractivity contribution < 1.29 is 28.6 Å². The molecule has 0 aromatic carbocycles. The third kappa shape index (κ3) is 65.0. The van der Waals surface area contributed by atoms with E-state index in [0.717, 1.165) is 116 Å². The van der Waals surface area contributed by atoms with Gasteiger partial charge >= 0.3 is 17.9 Å². The SMILES string of the molecule is CC/C=C\C/C=C\C/C=C\C/C=C\C/C=C\C/C=C\C/C=C\C/C=C\CCCCCCCCCCC(=O)OCC(COC(=O)CCCCCCCCCCC)OC(=O)CCCCCCCCCCCCCCCCCCCCC. The lowest BCUT2D eigenvalue weighted by atomic mass is 10.0. The lowest BCUT2D eigenvalue weighted by Crippen LogP contribution is -2.30. The van der Waals surface area contributed by atoms with E-state index in [2.05, 4.69) is 118 Å². The van der Waals surface area contributed by atoms with Crippen LogP contribution in [0.4, 0.5) is 0 Å². The molecule has 0 aliphatic heterocycles. The molecule has 6 heteroatoms. The molecule has 0 radical (unpaired) electrons. The zero-order valence-corrected chi connectivity index (χ0v) is 52.1. The summed E-state index contributed by atoms with van der Waals surface area (Å²) in [5.74, 6) is -0.872. The van der Waals surface area contributed by atoms with Crippen LogP contribution in [0.15, 0.2) is 97.2 Å². The number of hydrogen-bond acceptors (Lipinski definition) is 6. The molecule has 1 unspecified atom stereocenters. The molecule has 454 valence electrons. The van der Waals surface area contributed by atoms with Crippen LogP contribution >= 0.6 is 0 Å². The Hall–Kier alpha value is -3.67. The van der Waals surface area contributed by atoms with Crippen molar-refractivity contribution in [2.75, 3.05) is 13.2 Å². The van der Waals surface area contributed by atoms with Crippen LogP contribution in [0.1, 0.15) is 329 Å². The predicted molar refractivity (Wildman–Crippen MR) is 344 cm³/mol. The first-order valence-corrected chi connectivity index (χ1v) is 33.7. The number of rotatable bonds is 61. The van der Waals surface area contributed by atoms with Crippen molar-refractivity contribution in [3.63, 3.8) is 0 Å². The smallest absolute Gasteiger partial charge is 0.306 e. The zero-order valence-electron chi connectivity index (χ0n) is 52.1. The number of allylic oxidation sites excluding steroid dienone is 16. The molecule has 0 saturated carbocycles. The quantitative estimate of drug-likeness (QED) is 0.0261. The normalized spacial score (nSPS) is 12.7. The molecule has 0 N–H and O–H groups in total. The average molecular weight is 1100 g/mol. The zero-order chi connectivity index (χ0) is 57.1. The van der Waals surface area contributed by atoms with Gasteiger partial charge in [-0.1, -0.05) is 323 Å². The molecule has 79 heavy (non-hydrogen) atoms. The Labute approximate surface area is 489 Å². The summed E-state index contributed by atoms with van der Waals surface area (Å²) < 4.78 is 16.9. The third-order valence-corrected chi connectivity index (χ3v) is 14.6. The number of ether oxygens (including phenoxy) is 3. The van der Waals surface area contributed by atoms with Crippen molar-refractivity contribution in [3.05, 3.63) is 97.2 Å². The van der Waals surface area contributed by atoms with E-state index >= 15 is 0 Å². The van der Waals surface area contributed by atoms with E-state index in [1.54, 1.807) is 0 Å². The molecule has 0 bridgehead atoms. The number of carbonyl (C=O) groups is 3. The van der Waals surface area contributed by atoms with Gasteiger partial charge in [-0.25, -0.2) is 0 Å². The standard InChI is InChI=1S/C73H126O6/c1-4-7-10-13-16-19-21-23-25-27-29-30-31-32-33-34-35-36-37-38-39-40-41-42-44-45-47-49-51-54-57-60-63-66-72(75)78-69-70(68-77-71(74)65-62-59-56-53-18-15-12-9-6-3)79-73(76)67-64-61-58-55-52-50-48-46-43-28-26-24-22-20-17-14-11-8-5-2/h7,10,16,19,23,25,29-30,32-33,35-36,38-39,41-42,70H,4-6,8-9,11-15,17-18,20-22,24,26-28,31,34,37,40,43-69H2,1-3H3/b10-7-,19-16-,25-23-,30-29-,33-32-,36-35-,39-38-,42-41-. The Kier molecular flexibility index (Phi) is 63.7. The summed E-state index contributed by atoms with van der Waals surface area (Å²) in [6.07, 6.45) is 90.0. The van der Waals surface area contributed by atoms with Crippen molar-refractivity contribution in [2.24, 2.45) is 0 Å². The first-order chi connectivity index (χ1) is 39.0. The Balaban J connectivity index is 4.18. The van der Waals surface area contributed by atoms with E-state index in [4.69, 9.17) is 14.2 Å². The van der Waals surface area contributed by atoms with Gasteiger partial charge < -0.3 is 14.2 Å². The van der Waals surface area contributed by atoms with Crippen molar-refractivity contribution in [1.29, 1.82) is 0 Å². The van der Waals surface area contributed by atoms with Crippen molar-refractivity contribution in [2.45, 2.75) is 335 Å². The van der Waals surface area contributed by atoms with Gasteiger partial charge in [-0.15, -0.1) is 0 Å². The largest absolute Gasteiger partial charge is 0.462 e. The van der Waals surface area contributed by atoms with Crippen LogP contribution in [0.5, 0.6) is 0 Å². The van der Waals surface area contributed by atoms with Crippen LogP contribution in [0.2, 0.25) is 0 Å². The molecule has 0 aromatic rings. The van der Waals surface area contributed by atoms with Gasteiger partial charge in [-0.3, -0.25) is 14.4 Å². The van der Waals surface area contributed by atoms with Crippen LogP contribution in [0.25, 0.3) is 0 Å². The summed E-state index contributed by atoms with van der Waals surface area (Å²) in [6, 6.07) is 0. The molecule has 0 spiro atoms. The van der Waals surface area contributed by atoms with Gasteiger partial charge in [0.1, 0.15) is 13.2 Å². The summed E-state index contributed by atoms with van der Waals surface area (Å²) in [4.78, 5) is 38.2. The molecule has 6 nitrogen and oxygen atoms in total. The molecule has 0 rings (SSSR count). The fraction of sp³-hybridized carbons (Fsp3) is 0.740. The van der Waals surface area contributed by atoms with Gasteiger partial charge in [0.2, 0.25) is 0 Å². The van der Waals surface area contributed by atoms with Gasteiger partial charge in [0, 0.05) is 19.3 Å². The molecule has 0 aliphatic rings. The Morgan fingerprint density at radius 1 is 0.266 bits per heavy atom. The average Bonchev–Trinajstić information content (AvgIpc) is 3.45. The lowest BCUT2D eigenvalue weighted by Gasteiger charge is -2.18. The van der Waals surface area contributed by atoms with Crippen LogP contribution in [-0.4, -0.2) is 37.2 Å². The van der Waals surface area contributed by atoms with E-state index in [0.29, 0.717) is 19.3 Å². The van der Waals surface area contributed by atoms with E-state index < -0.39 is 6.10 Å². The minimum atomic E-state index is -0.777. The maximum atomic E-state index is 12.9. The second kappa shape index (κ2) is 66.8. The first-order valence-electron chi connectivity index (χ1n) is 33.7. The van der Waals surface area contributed by atoms with E-state index in [1.807, 2.05) is 0 Å². The Morgan fingerprint density at radius 3 is 0.772 bits per heavy atom. The third-order valence-electron chi connectivity index (χ3n) is 14.6. The van der Waals surface area contributed by atoms with Crippen LogP contribution in [0.3, 0.4) is 0 Å². The molecule has 0 fully saturated rings. The van der Waals surface area contributed by atoms with E-state index in [-0.39, 0.29) is 31.1 Å². The molecule has 0 heterocycles. The van der Waals surface area contributed by atoms with Crippen LogP contribution in [-0.2, 0) is 28.6 Å². The second-order valence-electron chi connectivity index (χ2n) is 22.4. The fourth-order valence-electron chi connectivity index (χ4n) is 9.58. The number of hydrogen-bond donors (Lipinski definition) is 0. The second-order valence-corrected chi connectivity index (χ2v) is 22.4. The summed E-state index contributed by atoms with van der Waals surface area (Å²) in [6.45, 7) is 6.54. The van der Waals surface area contributed by atoms with Gasteiger partial charge in [-0.2, -0.15) is 0 Å². The Morgan fingerprint density at radius 2 is 0.494 bits per heavy atom. The van der Waals surface area contributed by atoms with E-state index in [9.17, 15) is 14.4 Å². The highest BCUT2D eigenvalue weighted by molar-refractivity contribution is 5.71. The maximum absolute atomic E-state index is 12.9. The lowest BCUT2D eigenvalue weighted by molar-refractivity contribution is -0.167. The molecule has 0 saturated heterocycles. The molecular formula is C73H126O6. The van der Waals surface area contributed by atoms with E-state index in [1.165, 1.54) is 173 Å². The summed E-state index contributed by atoms with van der Waals surface area (Å²) in [5.41, 5.74) is 0. The monoisotopic (exact) mass is 1100 g/mol. The van der Waals surface area contributed by atoms with Crippen LogP contribution in [0, 0.1) is 0 Å². The maximum Gasteiger partial charge on any atom is 0.306 e. The minimum absolute atomic E-state index is 0.0750. The highest BCUT2D eigenvalue weighted by Crippen LogP contribution is 2.17. The van der Waals surface area contributed by atoms with Gasteiger partial charge in [0.15, 0.2) is 6.10 Å².